The zero-order valence-corrected chi connectivity index (χ0v) is 12.1. The van der Waals surface area contributed by atoms with Gasteiger partial charge in [0.25, 0.3) is 5.91 Å². The van der Waals surface area contributed by atoms with Crippen LogP contribution < -0.4 is 5.32 Å². The molecule has 0 atom stereocenters. The molecular weight excluding hydrogens is 256 g/mol. The third-order valence-electron chi connectivity index (χ3n) is 2.84. The topological polar surface area (TPSA) is 88.5 Å². The van der Waals surface area contributed by atoms with Crippen LogP contribution in [-0.4, -0.2) is 37.2 Å². The molecule has 0 saturated carbocycles. The average molecular weight is 276 g/mol. The van der Waals surface area contributed by atoms with Crippen molar-refractivity contribution in [3.63, 3.8) is 0 Å². The van der Waals surface area contributed by atoms with Crippen LogP contribution in [-0.2, 0) is 12.0 Å². The van der Waals surface area contributed by atoms with Crippen LogP contribution in [0.4, 0.5) is 0 Å². The zero-order chi connectivity index (χ0) is 14.6. The highest BCUT2D eigenvalue weighted by Crippen LogP contribution is 2.17. The maximum atomic E-state index is 11.9. The molecule has 2 rings (SSSR count). The number of carbonyl (C=O) groups is 1. The lowest BCUT2D eigenvalue weighted by atomic mass is 9.96. The molecule has 108 valence electrons. The van der Waals surface area contributed by atoms with Crippen LogP contribution in [0.3, 0.4) is 0 Å². The summed E-state index contributed by atoms with van der Waals surface area (Å²) in [5.74, 6) is 0.654. The van der Waals surface area contributed by atoms with E-state index in [-0.39, 0.29) is 17.1 Å². The van der Waals surface area contributed by atoms with Crippen LogP contribution in [0.1, 0.15) is 43.6 Å². The van der Waals surface area contributed by atoms with E-state index in [1.54, 1.807) is 12.5 Å². The van der Waals surface area contributed by atoms with E-state index in [1.807, 2.05) is 31.5 Å². The minimum Gasteiger partial charge on any atom is -0.349 e. The fourth-order valence-electron chi connectivity index (χ4n) is 1.66. The number of H-pyrrole nitrogens is 1. The van der Waals surface area contributed by atoms with Gasteiger partial charge in [0.1, 0.15) is 5.82 Å². The van der Waals surface area contributed by atoms with Crippen molar-refractivity contribution in [3.05, 3.63) is 30.4 Å². The lowest BCUT2D eigenvalue weighted by Crippen LogP contribution is -2.26. The van der Waals surface area contributed by atoms with Gasteiger partial charge in [0, 0.05) is 30.9 Å². The molecule has 0 aromatic carbocycles. The molecule has 0 bridgehead atoms. The fourth-order valence-corrected chi connectivity index (χ4v) is 1.66. The van der Waals surface area contributed by atoms with Crippen molar-refractivity contribution in [2.45, 2.75) is 39.2 Å². The van der Waals surface area contributed by atoms with Crippen LogP contribution >= 0.6 is 0 Å². The third-order valence-corrected chi connectivity index (χ3v) is 2.84. The molecule has 0 spiro atoms. The number of carbonyl (C=O) groups excluding carboxylic acids is 1. The van der Waals surface area contributed by atoms with Crippen molar-refractivity contribution in [1.29, 1.82) is 0 Å². The van der Waals surface area contributed by atoms with Gasteiger partial charge < -0.3 is 9.88 Å². The second-order valence-electron chi connectivity index (χ2n) is 5.67. The Hall–Kier alpha value is -2.18. The Morgan fingerprint density at radius 3 is 2.85 bits per heavy atom. The van der Waals surface area contributed by atoms with Gasteiger partial charge in [-0.1, -0.05) is 20.8 Å². The van der Waals surface area contributed by atoms with Crippen LogP contribution in [0.15, 0.2) is 18.7 Å². The van der Waals surface area contributed by atoms with Crippen molar-refractivity contribution in [2.24, 2.45) is 0 Å². The van der Waals surface area contributed by atoms with Gasteiger partial charge in [-0.25, -0.2) is 9.97 Å². The number of aryl methyl sites for hydroxylation is 1. The lowest BCUT2D eigenvalue weighted by Gasteiger charge is -2.12. The maximum Gasteiger partial charge on any atom is 0.290 e. The number of imidazole rings is 1. The second-order valence-corrected chi connectivity index (χ2v) is 5.67. The first kappa shape index (κ1) is 14.2. The molecule has 2 aromatic heterocycles. The minimum absolute atomic E-state index is 0.146. The Bertz CT molecular complexity index is 552. The van der Waals surface area contributed by atoms with Crippen LogP contribution in [0.2, 0.25) is 0 Å². The first-order valence-corrected chi connectivity index (χ1v) is 6.63. The second kappa shape index (κ2) is 5.85. The van der Waals surface area contributed by atoms with E-state index in [4.69, 9.17) is 0 Å². The lowest BCUT2D eigenvalue weighted by molar-refractivity contribution is 0.0942. The summed E-state index contributed by atoms with van der Waals surface area (Å²) in [6, 6.07) is 0. The Kier molecular flexibility index (Phi) is 4.16. The van der Waals surface area contributed by atoms with Crippen molar-refractivity contribution in [3.8, 4) is 0 Å². The predicted octanol–water partition coefficient (Wildman–Crippen LogP) is 1.12. The molecular formula is C13H20N6O. The summed E-state index contributed by atoms with van der Waals surface area (Å²) in [5, 5.41) is 9.56. The van der Waals surface area contributed by atoms with E-state index >= 15 is 0 Å². The number of hydrogen-bond donors (Lipinski definition) is 2. The molecule has 0 fully saturated rings. The number of rotatable bonds is 5. The highest BCUT2D eigenvalue weighted by molar-refractivity contribution is 5.90. The number of hydrogen-bond acceptors (Lipinski definition) is 4. The van der Waals surface area contributed by atoms with Gasteiger partial charge >= 0.3 is 0 Å². The van der Waals surface area contributed by atoms with Crippen molar-refractivity contribution < 1.29 is 4.79 Å². The molecule has 20 heavy (non-hydrogen) atoms. The molecule has 7 heteroatoms. The van der Waals surface area contributed by atoms with E-state index in [0.29, 0.717) is 12.4 Å². The zero-order valence-electron chi connectivity index (χ0n) is 12.1. The average Bonchev–Trinajstić information content (AvgIpc) is 3.04. The van der Waals surface area contributed by atoms with Gasteiger partial charge in [0.05, 0.1) is 6.33 Å². The van der Waals surface area contributed by atoms with Gasteiger partial charge in [-0.05, 0) is 6.42 Å². The van der Waals surface area contributed by atoms with E-state index in [9.17, 15) is 4.79 Å². The molecule has 0 aliphatic heterocycles. The van der Waals surface area contributed by atoms with E-state index < -0.39 is 0 Å². The van der Waals surface area contributed by atoms with Crippen molar-refractivity contribution in [2.75, 3.05) is 6.54 Å². The molecule has 2 aromatic rings. The van der Waals surface area contributed by atoms with Gasteiger partial charge in [0.2, 0.25) is 5.82 Å². The smallest absolute Gasteiger partial charge is 0.290 e. The number of amides is 1. The molecule has 0 aliphatic rings. The fraction of sp³-hybridized carbons (Fsp3) is 0.538. The van der Waals surface area contributed by atoms with Gasteiger partial charge in [-0.3, -0.25) is 9.89 Å². The molecule has 0 radical (unpaired) electrons. The highest BCUT2D eigenvalue weighted by atomic mass is 16.2. The number of nitrogens with one attached hydrogen (secondary N) is 2. The summed E-state index contributed by atoms with van der Waals surface area (Å²) >= 11 is 0. The summed E-state index contributed by atoms with van der Waals surface area (Å²) < 4.78 is 1.97. The van der Waals surface area contributed by atoms with Crippen molar-refractivity contribution in [1.82, 2.24) is 30.0 Å². The first-order chi connectivity index (χ1) is 9.47. The van der Waals surface area contributed by atoms with Gasteiger partial charge in [-0.2, -0.15) is 0 Å². The molecule has 0 aliphatic carbocycles. The highest BCUT2D eigenvalue weighted by Gasteiger charge is 2.20. The number of aromatic nitrogens is 5. The molecule has 2 N–H and O–H groups in total. The van der Waals surface area contributed by atoms with Crippen LogP contribution in [0.5, 0.6) is 0 Å². The first-order valence-electron chi connectivity index (χ1n) is 6.63. The summed E-state index contributed by atoms with van der Waals surface area (Å²) in [5.41, 5.74) is -0.146. The Labute approximate surface area is 117 Å². The predicted molar refractivity (Wildman–Crippen MR) is 74.3 cm³/mol. The van der Waals surface area contributed by atoms with Crippen molar-refractivity contribution >= 4 is 5.91 Å². The molecule has 0 saturated heterocycles. The summed E-state index contributed by atoms with van der Waals surface area (Å²) in [4.78, 5) is 20.0. The third kappa shape index (κ3) is 3.66. The van der Waals surface area contributed by atoms with E-state index in [1.165, 1.54) is 0 Å². The largest absolute Gasteiger partial charge is 0.349 e. The monoisotopic (exact) mass is 276 g/mol. The summed E-state index contributed by atoms with van der Waals surface area (Å²) in [6.07, 6.45) is 6.22. The Morgan fingerprint density at radius 2 is 2.25 bits per heavy atom. The van der Waals surface area contributed by atoms with Gasteiger partial charge in [0.15, 0.2) is 0 Å². The molecule has 2 heterocycles. The number of aromatic amines is 1. The van der Waals surface area contributed by atoms with E-state index in [2.05, 4.69) is 25.5 Å². The summed E-state index contributed by atoms with van der Waals surface area (Å²) in [6.45, 7) is 7.44. The van der Waals surface area contributed by atoms with Gasteiger partial charge in [-0.15, -0.1) is 5.10 Å². The Balaban J connectivity index is 1.78. The van der Waals surface area contributed by atoms with E-state index in [0.717, 1.165) is 13.0 Å². The minimum atomic E-state index is -0.248. The molecule has 1 amide bonds. The molecule has 7 nitrogen and oxygen atoms in total. The SMILES string of the molecule is CC(C)(C)c1nc(C(=O)NCCCn2ccnc2)n[nH]1. The maximum absolute atomic E-state index is 11.9. The molecule has 0 unspecified atom stereocenters. The standard InChI is InChI=1S/C13H20N6O/c1-13(2,3)12-16-10(17-18-12)11(20)15-5-4-7-19-8-6-14-9-19/h6,8-9H,4-5,7H2,1-3H3,(H,15,20)(H,16,17,18). The Morgan fingerprint density at radius 1 is 1.45 bits per heavy atom. The van der Waals surface area contributed by atoms with Crippen LogP contribution in [0, 0.1) is 0 Å². The van der Waals surface area contributed by atoms with Crippen LogP contribution in [0.25, 0.3) is 0 Å². The quantitative estimate of drug-likeness (QED) is 0.801. The summed E-state index contributed by atoms with van der Waals surface area (Å²) in [7, 11) is 0. The number of nitrogens with zero attached hydrogens (tertiary/aromatic N) is 4. The normalized spacial score (nSPS) is 11.6.